The molecule has 2 rings (SSSR count). The molecule has 2 heterocycles. The first-order valence-corrected chi connectivity index (χ1v) is 7.29. The van der Waals surface area contributed by atoms with Crippen molar-refractivity contribution in [2.45, 2.75) is 6.92 Å². The van der Waals surface area contributed by atoms with E-state index in [1.54, 1.807) is 16.6 Å². The summed E-state index contributed by atoms with van der Waals surface area (Å²) in [6.07, 6.45) is 0. The zero-order valence-electron chi connectivity index (χ0n) is 13.3. The highest BCUT2D eigenvalue weighted by Gasteiger charge is 2.22. The van der Waals surface area contributed by atoms with Crippen LogP contribution in [0.15, 0.2) is 6.07 Å². The molecule has 0 unspecified atom stereocenters. The number of amides is 2. The van der Waals surface area contributed by atoms with Crippen molar-refractivity contribution in [3.8, 4) is 0 Å². The highest BCUT2D eigenvalue weighted by Crippen LogP contribution is 2.08. The Bertz CT molecular complexity index is 535. The second-order valence-corrected chi connectivity index (χ2v) is 5.43. The number of aryl methyl sites for hydroxylation is 2. The van der Waals surface area contributed by atoms with Gasteiger partial charge in [0.15, 0.2) is 0 Å². The maximum atomic E-state index is 12.1. The Balaban J connectivity index is 1.77. The van der Waals surface area contributed by atoms with E-state index >= 15 is 0 Å². The molecule has 0 aromatic carbocycles. The van der Waals surface area contributed by atoms with Crippen molar-refractivity contribution in [1.82, 2.24) is 19.6 Å². The van der Waals surface area contributed by atoms with Gasteiger partial charge < -0.3 is 15.0 Å². The molecule has 2 amide bonds. The minimum absolute atomic E-state index is 0.00281. The number of hydrogen-bond donors (Lipinski definition) is 1. The molecule has 1 aliphatic heterocycles. The SMILES string of the molecule is COCC(=O)N1CCN(CC(=O)Nc2cc(C)nn2C)CC1. The molecule has 1 aromatic heterocycles. The second-order valence-electron chi connectivity index (χ2n) is 5.43. The summed E-state index contributed by atoms with van der Waals surface area (Å²) in [6.45, 7) is 4.93. The highest BCUT2D eigenvalue weighted by atomic mass is 16.5. The summed E-state index contributed by atoms with van der Waals surface area (Å²) in [6, 6.07) is 1.83. The highest BCUT2D eigenvalue weighted by molar-refractivity contribution is 5.91. The number of nitrogens with one attached hydrogen (secondary N) is 1. The molecule has 1 saturated heterocycles. The van der Waals surface area contributed by atoms with Crippen LogP contribution in [0.1, 0.15) is 5.69 Å². The Kier molecular flexibility index (Phi) is 5.51. The number of carbonyl (C=O) groups excluding carboxylic acids is 2. The maximum absolute atomic E-state index is 12.1. The third kappa shape index (κ3) is 4.28. The molecular formula is C14H23N5O3. The lowest BCUT2D eigenvalue weighted by Crippen LogP contribution is -2.51. The Morgan fingerprint density at radius 3 is 2.55 bits per heavy atom. The Labute approximate surface area is 130 Å². The lowest BCUT2D eigenvalue weighted by Gasteiger charge is -2.34. The largest absolute Gasteiger partial charge is 0.375 e. The van der Waals surface area contributed by atoms with Gasteiger partial charge in [-0.1, -0.05) is 0 Å². The number of nitrogens with zero attached hydrogens (tertiary/aromatic N) is 4. The quantitative estimate of drug-likeness (QED) is 0.790. The summed E-state index contributed by atoms with van der Waals surface area (Å²) in [4.78, 5) is 27.6. The van der Waals surface area contributed by atoms with Crippen LogP contribution in [0, 0.1) is 6.92 Å². The van der Waals surface area contributed by atoms with Crippen LogP contribution in [0.25, 0.3) is 0 Å². The minimum atomic E-state index is -0.0698. The zero-order valence-corrected chi connectivity index (χ0v) is 13.3. The van der Waals surface area contributed by atoms with Gasteiger partial charge in [-0.2, -0.15) is 5.10 Å². The fourth-order valence-corrected chi connectivity index (χ4v) is 2.48. The van der Waals surface area contributed by atoms with Crippen LogP contribution in [-0.2, 0) is 21.4 Å². The van der Waals surface area contributed by atoms with E-state index in [-0.39, 0.29) is 18.4 Å². The van der Waals surface area contributed by atoms with E-state index < -0.39 is 0 Å². The van der Waals surface area contributed by atoms with Crippen LogP contribution in [0.4, 0.5) is 5.82 Å². The number of piperazine rings is 1. The van der Waals surface area contributed by atoms with Gasteiger partial charge in [-0.15, -0.1) is 0 Å². The number of hydrogen-bond acceptors (Lipinski definition) is 5. The summed E-state index contributed by atoms with van der Waals surface area (Å²) >= 11 is 0. The summed E-state index contributed by atoms with van der Waals surface area (Å²) in [5.41, 5.74) is 0.864. The molecule has 0 radical (unpaired) electrons. The van der Waals surface area contributed by atoms with Gasteiger partial charge in [0, 0.05) is 46.4 Å². The molecule has 0 bridgehead atoms. The van der Waals surface area contributed by atoms with Crippen molar-refractivity contribution in [2.75, 3.05) is 51.8 Å². The average molecular weight is 309 g/mol. The lowest BCUT2D eigenvalue weighted by atomic mass is 10.3. The average Bonchev–Trinajstić information content (AvgIpc) is 2.77. The third-order valence-electron chi connectivity index (χ3n) is 3.63. The maximum Gasteiger partial charge on any atom is 0.248 e. The van der Waals surface area contributed by atoms with E-state index in [0.717, 1.165) is 5.69 Å². The van der Waals surface area contributed by atoms with E-state index in [1.165, 1.54) is 7.11 Å². The first-order chi connectivity index (χ1) is 10.5. The van der Waals surface area contributed by atoms with Crippen LogP contribution < -0.4 is 5.32 Å². The number of methoxy groups -OCH3 is 1. The van der Waals surface area contributed by atoms with Crippen molar-refractivity contribution in [2.24, 2.45) is 7.05 Å². The molecule has 1 fully saturated rings. The molecule has 8 heteroatoms. The normalized spacial score (nSPS) is 15.9. The van der Waals surface area contributed by atoms with Crippen molar-refractivity contribution in [3.05, 3.63) is 11.8 Å². The van der Waals surface area contributed by atoms with E-state index in [0.29, 0.717) is 38.5 Å². The van der Waals surface area contributed by atoms with E-state index in [1.807, 2.05) is 17.9 Å². The summed E-state index contributed by atoms with van der Waals surface area (Å²) < 4.78 is 6.50. The van der Waals surface area contributed by atoms with Crippen LogP contribution in [0.2, 0.25) is 0 Å². The van der Waals surface area contributed by atoms with Gasteiger partial charge in [-0.25, -0.2) is 0 Å². The number of carbonyl (C=O) groups is 2. The van der Waals surface area contributed by atoms with Gasteiger partial charge in [0.25, 0.3) is 0 Å². The summed E-state index contributed by atoms with van der Waals surface area (Å²) in [5, 5.41) is 7.04. The molecule has 1 aliphatic rings. The van der Waals surface area contributed by atoms with Crippen LogP contribution in [-0.4, -0.2) is 77.8 Å². The van der Waals surface area contributed by atoms with Gasteiger partial charge in [0.1, 0.15) is 12.4 Å². The predicted octanol–water partition coefficient (Wildman–Crippen LogP) is -0.542. The molecule has 0 atom stereocenters. The number of anilines is 1. The molecular weight excluding hydrogens is 286 g/mol. The fraction of sp³-hybridized carbons (Fsp3) is 0.643. The molecule has 0 saturated carbocycles. The number of rotatable bonds is 5. The molecule has 122 valence electrons. The molecule has 8 nitrogen and oxygen atoms in total. The van der Waals surface area contributed by atoms with Gasteiger partial charge in [0.2, 0.25) is 11.8 Å². The fourth-order valence-electron chi connectivity index (χ4n) is 2.48. The van der Waals surface area contributed by atoms with Crippen LogP contribution in [0.5, 0.6) is 0 Å². The summed E-state index contributed by atoms with van der Waals surface area (Å²) in [7, 11) is 3.31. The standard InChI is InChI=1S/C14H23N5O3/c1-11-8-12(17(2)16-11)15-13(20)9-18-4-6-19(7-5-18)14(21)10-22-3/h8H,4-7,9-10H2,1-3H3,(H,15,20). The van der Waals surface area contributed by atoms with Gasteiger partial charge in [-0.05, 0) is 6.92 Å². The zero-order chi connectivity index (χ0) is 16.1. The van der Waals surface area contributed by atoms with Gasteiger partial charge >= 0.3 is 0 Å². The van der Waals surface area contributed by atoms with Crippen molar-refractivity contribution in [3.63, 3.8) is 0 Å². The van der Waals surface area contributed by atoms with Crippen molar-refractivity contribution < 1.29 is 14.3 Å². The monoisotopic (exact) mass is 309 g/mol. The molecule has 0 spiro atoms. The molecule has 0 aliphatic carbocycles. The molecule has 22 heavy (non-hydrogen) atoms. The smallest absolute Gasteiger partial charge is 0.248 e. The molecule has 1 aromatic rings. The second kappa shape index (κ2) is 7.37. The number of aromatic nitrogens is 2. The van der Waals surface area contributed by atoms with Gasteiger partial charge in [0.05, 0.1) is 12.2 Å². The minimum Gasteiger partial charge on any atom is -0.375 e. The summed E-state index contributed by atoms with van der Waals surface area (Å²) in [5.74, 6) is 0.619. The third-order valence-corrected chi connectivity index (χ3v) is 3.63. The van der Waals surface area contributed by atoms with E-state index in [9.17, 15) is 9.59 Å². The Morgan fingerprint density at radius 2 is 2.00 bits per heavy atom. The molecule has 1 N–H and O–H groups in total. The topological polar surface area (TPSA) is 79.7 Å². The first-order valence-electron chi connectivity index (χ1n) is 7.29. The number of ether oxygens (including phenoxy) is 1. The Hall–Kier alpha value is -1.93. The first kappa shape index (κ1) is 16.4. The van der Waals surface area contributed by atoms with Crippen molar-refractivity contribution >= 4 is 17.6 Å². The van der Waals surface area contributed by atoms with Crippen LogP contribution in [0.3, 0.4) is 0 Å². The van der Waals surface area contributed by atoms with E-state index in [2.05, 4.69) is 10.4 Å². The van der Waals surface area contributed by atoms with Crippen LogP contribution >= 0.6 is 0 Å². The Morgan fingerprint density at radius 1 is 1.32 bits per heavy atom. The predicted molar refractivity (Wildman–Crippen MR) is 81.5 cm³/mol. The van der Waals surface area contributed by atoms with Crippen molar-refractivity contribution in [1.29, 1.82) is 0 Å². The lowest BCUT2D eigenvalue weighted by molar-refractivity contribution is -0.137. The van der Waals surface area contributed by atoms with E-state index in [4.69, 9.17) is 4.74 Å². The van der Waals surface area contributed by atoms with Gasteiger partial charge in [-0.3, -0.25) is 19.2 Å².